The number of hydrogen-bond acceptors (Lipinski definition) is 5. The van der Waals surface area contributed by atoms with E-state index in [0.29, 0.717) is 22.6 Å². The van der Waals surface area contributed by atoms with Gasteiger partial charge in [-0.15, -0.1) is 0 Å². The lowest BCUT2D eigenvalue weighted by Crippen LogP contribution is -2.08. The molecule has 0 aliphatic heterocycles. The van der Waals surface area contributed by atoms with Gasteiger partial charge in [0.1, 0.15) is 11.5 Å². The van der Waals surface area contributed by atoms with Gasteiger partial charge in [0, 0.05) is 9.79 Å². The smallest absolute Gasteiger partial charge is 0.343 e. The normalized spacial score (nSPS) is 10.5. The molecule has 0 spiro atoms. The molecule has 0 atom stereocenters. The molecule has 0 aromatic heterocycles. The Balaban J connectivity index is 1.33. The molecule has 0 bridgehead atoms. The molecular weight excluding hydrogens is 432 g/mol. The number of rotatable bonds is 6. The lowest BCUT2D eigenvalue weighted by atomic mass is 10.1. The van der Waals surface area contributed by atoms with Gasteiger partial charge in [0.2, 0.25) is 0 Å². The van der Waals surface area contributed by atoms with Crippen LogP contribution >= 0.6 is 11.8 Å². The van der Waals surface area contributed by atoms with Crippen molar-refractivity contribution in [1.82, 2.24) is 0 Å². The molecule has 4 aromatic rings. The summed E-state index contributed by atoms with van der Waals surface area (Å²) >= 11 is 1.56. The fraction of sp³-hybridized carbons (Fsp3) is 0.0714. The Hall–Kier alpha value is -3.83. The van der Waals surface area contributed by atoms with Crippen molar-refractivity contribution in [1.29, 1.82) is 0 Å². The summed E-state index contributed by atoms with van der Waals surface area (Å²) in [6.07, 6.45) is 0. The van der Waals surface area contributed by atoms with E-state index in [1.165, 1.54) is 0 Å². The molecule has 4 aromatic carbocycles. The second kappa shape index (κ2) is 10.2. The predicted molar refractivity (Wildman–Crippen MR) is 129 cm³/mol. The number of carbonyl (C=O) groups is 2. The van der Waals surface area contributed by atoms with Gasteiger partial charge >= 0.3 is 11.9 Å². The second-order valence-electron chi connectivity index (χ2n) is 7.56. The molecule has 0 fully saturated rings. The molecule has 0 radical (unpaired) electrons. The Labute approximate surface area is 197 Å². The van der Waals surface area contributed by atoms with Crippen LogP contribution in [0.4, 0.5) is 0 Å². The van der Waals surface area contributed by atoms with E-state index in [9.17, 15) is 9.59 Å². The molecule has 164 valence electrons. The van der Waals surface area contributed by atoms with Crippen molar-refractivity contribution in [3.05, 3.63) is 119 Å². The molecule has 0 aliphatic rings. The number of esters is 2. The maximum Gasteiger partial charge on any atom is 0.343 e. The van der Waals surface area contributed by atoms with Crippen LogP contribution in [0.1, 0.15) is 31.8 Å². The van der Waals surface area contributed by atoms with Gasteiger partial charge in [0.25, 0.3) is 0 Å². The summed E-state index contributed by atoms with van der Waals surface area (Å²) in [5, 5.41) is 0. The Bertz CT molecular complexity index is 1140. The van der Waals surface area contributed by atoms with E-state index in [4.69, 9.17) is 9.47 Å². The lowest BCUT2D eigenvalue weighted by molar-refractivity contribution is 0.0725. The average Bonchev–Trinajstić information content (AvgIpc) is 2.82. The maximum atomic E-state index is 12.3. The highest BCUT2D eigenvalue weighted by Gasteiger charge is 2.10. The Morgan fingerprint density at radius 3 is 1.18 bits per heavy atom. The molecule has 4 rings (SSSR count). The number of benzene rings is 4. The van der Waals surface area contributed by atoms with Crippen molar-refractivity contribution in [2.45, 2.75) is 23.6 Å². The Kier molecular flexibility index (Phi) is 6.91. The molecule has 5 heteroatoms. The van der Waals surface area contributed by atoms with Gasteiger partial charge in [-0.25, -0.2) is 9.59 Å². The van der Waals surface area contributed by atoms with Crippen molar-refractivity contribution < 1.29 is 19.1 Å². The zero-order valence-corrected chi connectivity index (χ0v) is 19.1. The first-order valence-corrected chi connectivity index (χ1v) is 11.2. The molecular formula is C28H22O4S. The van der Waals surface area contributed by atoms with Gasteiger partial charge in [0.05, 0.1) is 11.1 Å². The summed E-state index contributed by atoms with van der Waals surface area (Å²) in [5.41, 5.74) is 3.21. The van der Waals surface area contributed by atoms with Crippen LogP contribution in [-0.4, -0.2) is 11.9 Å². The summed E-state index contributed by atoms with van der Waals surface area (Å²) in [6, 6.07) is 29.2. The summed E-state index contributed by atoms with van der Waals surface area (Å²) in [5.74, 6) is 0.212. The minimum Gasteiger partial charge on any atom is -0.423 e. The standard InChI is InChI=1S/C28H22O4S/c1-19-3-7-21(8-4-19)27(29)31-23-11-15-25(16-12-23)33-26-17-13-24(14-18-26)32-28(30)22-9-5-20(2)6-10-22/h3-18H,1-2H3. The van der Waals surface area contributed by atoms with Gasteiger partial charge in [-0.05, 0) is 86.6 Å². The maximum absolute atomic E-state index is 12.3. The van der Waals surface area contributed by atoms with Crippen LogP contribution in [0.2, 0.25) is 0 Å². The summed E-state index contributed by atoms with van der Waals surface area (Å²) in [4.78, 5) is 26.5. The molecule has 0 unspecified atom stereocenters. The quantitative estimate of drug-likeness (QED) is 0.234. The first kappa shape index (κ1) is 22.4. The van der Waals surface area contributed by atoms with E-state index in [1.807, 2.05) is 62.4 Å². The SMILES string of the molecule is Cc1ccc(C(=O)Oc2ccc(Sc3ccc(OC(=O)c4ccc(C)cc4)cc3)cc2)cc1. The van der Waals surface area contributed by atoms with Crippen LogP contribution in [0, 0.1) is 13.8 Å². The van der Waals surface area contributed by atoms with E-state index in [2.05, 4.69) is 0 Å². The van der Waals surface area contributed by atoms with Crippen LogP contribution in [0.15, 0.2) is 107 Å². The lowest BCUT2D eigenvalue weighted by Gasteiger charge is -2.07. The van der Waals surface area contributed by atoms with Crippen molar-refractivity contribution in [2.75, 3.05) is 0 Å². The molecule has 4 nitrogen and oxygen atoms in total. The highest BCUT2D eigenvalue weighted by atomic mass is 32.2. The van der Waals surface area contributed by atoms with E-state index in [1.54, 1.807) is 60.3 Å². The zero-order chi connectivity index (χ0) is 23.2. The van der Waals surface area contributed by atoms with Crippen LogP contribution < -0.4 is 9.47 Å². The zero-order valence-electron chi connectivity index (χ0n) is 18.3. The molecule has 33 heavy (non-hydrogen) atoms. The third kappa shape index (κ3) is 6.11. The fourth-order valence-electron chi connectivity index (χ4n) is 3.00. The average molecular weight is 455 g/mol. The summed E-state index contributed by atoms with van der Waals surface area (Å²) < 4.78 is 10.9. The molecule has 0 heterocycles. The first-order chi connectivity index (χ1) is 16.0. The molecule has 0 N–H and O–H groups in total. The van der Waals surface area contributed by atoms with Crippen molar-refractivity contribution in [3.8, 4) is 11.5 Å². The van der Waals surface area contributed by atoms with E-state index in [-0.39, 0.29) is 11.9 Å². The number of carbonyl (C=O) groups excluding carboxylic acids is 2. The Morgan fingerprint density at radius 2 is 0.848 bits per heavy atom. The van der Waals surface area contributed by atoms with Crippen molar-refractivity contribution in [3.63, 3.8) is 0 Å². The Morgan fingerprint density at radius 1 is 0.515 bits per heavy atom. The van der Waals surface area contributed by atoms with E-state index >= 15 is 0 Å². The molecule has 0 saturated heterocycles. The van der Waals surface area contributed by atoms with Crippen LogP contribution in [0.5, 0.6) is 11.5 Å². The largest absolute Gasteiger partial charge is 0.423 e. The van der Waals surface area contributed by atoms with Crippen molar-refractivity contribution in [2.24, 2.45) is 0 Å². The third-order valence-corrected chi connectivity index (χ3v) is 5.89. The predicted octanol–water partition coefficient (Wildman–Crippen LogP) is 6.89. The minimum atomic E-state index is -0.383. The highest BCUT2D eigenvalue weighted by molar-refractivity contribution is 7.99. The summed E-state index contributed by atoms with van der Waals surface area (Å²) in [7, 11) is 0. The van der Waals surface area contributed by atoms with Crippen LogP contribution in [0.25, 0.3) is 0 Å². The highest BCUT2D eigenvalue weighted by Crippen LogP contribution is 2.30. The number of ether oxygens (including phenoxy) is 2. The molecule has 0 aliphatic carbocycles. The minimum absolute atomic E-state index is 0.383. The van der Waals surface area contributed by atoms with Crippen molar-refractivity contribution >= 4 is 23.7 Å². The van der Waals surface area contributed by atoms with Gasteiger partial charge in [0.15, 0.2) is 0 Å². The van der Waals surface area contributed by atoms with Gasteiger partial charge in [-0.3, -0.25) is 0 Å². The van der Waals surface area contributed by atoms with Crippen LogP contribution in [0.3, 0.4) is 0 Å². The van der Waals surface area contributed by atoms with Gasteiger partial charge in [-0.2, -0.15) is 0 Å². The first-order valence-electron chi connectivity index (χ1n) is 10.4. The van der Waals surface area contributed by atoms with E-state index in [0.717, 1.165) is 20.9 Å². The number of hydrogen-bond donors (Lipinski definition) is 0. The monoisotopic (exact) mass is 454 g/mol. The van der Waals surface area contributed by atoms with Gasteiger partial charge in [-0.1, -0.05) is 47.2 Å². The van der Waals surface area contributed by atoms with Gasteiger partial charge < -0.3 is 9.47 Å². The van der Waals surface area contributed by atoms with Crippen LogP contribution in [-0.2, 0) is 0 Å². The molecule has 0 saturated carbocycles. The second-order valence-corrected chi connectivity index (χ2v) is 8.70. The number of aryl methyl sites for hydroxylation is 2. The fourth-order valence-corrected chi connectivity index (χ4v) is 3.82. The topological polar surface area (TPSA) is 52.6 Å². The summed E-state index contributed by atoms with van der Waals surface area (Å²) in [6.45, 7) is 3.94. The molecule has 0 amide bonds. The third-order valence-electron chi connectivity index (χ3n) is 4.88. The van der Waals surface area contributed by atoms with E-state index < -0.39 is 0 Å².